The summed E-state index contributed by atoms with van der Waals surface area (Å²) in [7, 11) is 1.64. The number of amides is 3. The second kappa shape index (κ2) is 12.3. The fourth-order valence-corrected chi connectivity index (χ4v) is 4.39. The minimum absolute atomic E-state index is 0.194. The lowest BCUT2D eigenvalue weighted by Crippen LogP contribution is -2.38. The van der Waals surface area contributed by atoms with Gasteiger partial charge < -0.3 is 26.0 Å². The van der Waals surface area contributed by atoms with Crippen LogP contribution in [-0.2, 0) is 4.74 Å². The number of hydrogen-bond acceptors (Lipinski definition) is 7. The summed E-state index contributed by atoms with van der Waals surface area (Å²) in [5.74, 6) is -0.411. The fourth-order valence-electron chi connectivity index (χ4n) is 4.13. The van der Waals surface area contributed by atoms with Gasteiger partial charge in [0, 0.05) is 34.7 Å². The molecular formula is C30H31BrN6O4. The number of nitrogens with two attached hydrogens (primary N) is 1. The molecule has 4 rings (SSSR count). The number of ether oxygens (including phenoxy) is 1. The zero-order chi connectivity index (χ0) is 29.7. The molecule has 11 heteroatoms. The number of likely N-dealkylation sites (N-methyl/N-ethyl adjacent to an activating group) is 1. The molecule has 0 fully saturated rings. The number of nitrogens with one attached hydrogen (secondary N) is 2. The monoisotopic (exact) mass is 618 g/mol. The van der Waals surface area contributed by atoms with E-state index in [0.717, 1.165) is 10.0 Å². The van der Waals surface area contributed by atoms with Gasteiger partial charge in [0.15, 0.2) is 0 Å². The molecule has 0 aliphatic heterocycles. The molecule has 0 spiro atoms. The lowest BCUT2D eigenvalue weighted by Gasteiger charge is -2.29. The molecule has 10 nitrogen and oxygen atoms in total. The maximum Gasteiger partial charge on any atom is 0.410 e. The minimum atomic E-state index is -0.667. The van der Waals surface area contributed by atoms with Crippen LogP contribution in [0.5, 0.6) is 0 Å². The Morgan fingerprint density at radius 1 is 1.02 bits per heavy atom. The summed E-state index contributed by atoms with van der Waals surface area (Å²) >= 11 is 3.38. The maximum absolute atomic E-state index is 12.9. The average Bonchev–Trinajstić information content (AvgIpc) is 2.92. The van der Waals surface area contributed by atoms with E-state index in [9.17, 15) is 14.4 Å². The van der Waals surface area contributed by atoms with Gasteiger partial charge in [0.1, 0.15) is 17.7 Å². The Labute approximate surface area is 246 Å². The van der Waals surface area contributed by atoms with Crippen LogP contribution in [0.3, 0.4) is 0 Å². The number of benzene rings is 3. The SMILES string of the molecule is CN(CC(Nc1ncnc2c(C(N)=O)cccc12)c1cccc(NC(=O)c2ccc(Br)cc2)c1)C(=O)OC(C)(C)C. The first-order chi connectivity index (χ1) is 19.4. The molecule has 1 aromatic heterocycles. The van der Waals surface area contributed by atoms with Gasteiger partial charge in [-0.05, 0) is 74.9 Å². The van der Waals surface area contributed by atoms with Crippen LogP contribution in [0.1, 0.15) is 53.1 Å². The largest absolute Gasteiger partial charge is 0.444 e. The van der Waals surface area contributed by atoms with Crippen LogP contribution in [0.25, 0.3) is 10.9 Å². The molecule has 212 valence electrons. The van der Waals surface area contributed by atoms with Crippen molar-refractivity contribution in [1.29, 1.82) is 0 Å². The van der Waals surface area contributed by atoms with Gasteiger partial charge in [-0.3, -0.25) is 9.59 Å². The third-order valence-electron chi connectivity index (χ3n) is 6.06. The Hall–Kier alpha value is -4.51. The lowest BCUT2D eigenvalue weighted by molar-refractivity contribution is 0.0292. The van der Waals surface area contributed by atoms with Gasteiger partial charge in [-0.1, -0.05) is 34.1 Å². The van der Waals surface area contributed by atoms with Gasteiger partial charge in [0.25, 0.3) is 11.8 Å². The second-order valence-corrected chi connectivity index (χ2v) is 11.3. The zero-order valence-electron chi connectivity index (χ0n) is 23.1. The molecule has 0 saturated heterocycles. The Bertz CT molecular complexity index is 1590. The minimum Gasteiger partial charge on any atom is -0.444 e. The van der Waals surface area contributed by atoms with Gasteiger partial charge >= 0.3 is 6.09 Å². The number of primary amides is 1. The third-order valence-corrected chi connectivity index (χ3v) is 6.58. The average molecular weight is 620 g/mol. The Kier molecular flexibility index (Phi) is 8.87. The van der Waals surface area contributed by atoms with Crippen LogP contribution in [0.4, 0.5) is 16.3 Å². The number of fused-ring (bicyclic) bond motifs is 1. The van der Waals surface area contributed by atoms with Gasteiger partial charge in [-0.15, -0.1) is 0 Å². The first kappa shape index (κ1) is 29.5. The number of carbonyl (C=O) groups excluding carboxylic acids is 3. The van der Waals surface area contributed by atoms with E-state index in [2.05, 4.69) is 36.5 Å². The van der Waals surface area contributed by atoms with Crippen LogP contribution >= 0.6 is 15.9 Å². The summed E-state index contributed by atoms with van der Waals surface area (Å²) in [5.41, 5.74) is 7.43. The summed E-state index contributed by atoms with van der Waals surface area (Å²) in [6.45, 7) is 5.60. The molecule has 41 heavy (non-hydrogen) atoms. The quantitative estimate of drug-likeness (QED) is 0.228. The molecule has 3 amide bonds. The molecule has 0 saturated carbocycles. The van der Waals surface area contributed by atoms with E-state index < -0.39 is 23.6 Å². The van der Waals surface area contributed by atoms with E-state index in [-0.39, 0.29) is 18.0 Å². The molecule has 3 aromatic carbocycles. The normalized spacial score (nSPS) is 11.9. The summed E-state index contributed by atoms with van der Waals surface area (Å²) < 4.78 is 6.43. The van der Waals surface area contributed by atoms with E-state index in [1.54, 1.807) is 76.3 Å². The molecule has 0 radical (unpaired) electrons. The van der Waals surface area contributed by atoms with E-state index in [1.807, 2.05) is 18.2 Å². The fraction of sp³-hybridized carbons (Fsp3) is 0.233. The second-order valence-electron chi connectivity index (χ2n) is 10.4. The maximum atomic E-state index is 12.9. The van der Waals surface area contributed by atoms with Crippen molar-refractivity contribution < 1.29 is 19.1 Å². The number of rotatable bonds is 8. The predicted molar refractivity (Wildman–Crippen MR) is 162 cm³/mol. The number of anilines is 2. The summed E-state index contributed by atoms with van der Waals surface area (Å²) in [6, 6.07) is 19.0. The Balaban J connectivity index is 1.68. The molecule has 1 unspecified atom stereocenters. The summed E-state index contributed by atoms with van der Waals surface area (Å²) in [4.78, 5) is 47.9. The summed E-state index contributed by atoms with van der Waals surface area (Å²) in [5, 5.41) is 6.92. The van der Waals surface area contributed by atoms with Crippen molar-refractivity contribution in [3.8, 4) is 0 Å². The van der Waals surface area contributed by atoms with Crippen molar-refractivity contribution in [2.24, 2.45) is 5.73 Å². The summed E-state index contributed by atoms with van der Waals surface area (Å²) in [6.07, 6.45) is 0.855. The van der Waals surface area contributed by atoms with Crippen molar-refractivity contribution in [3.63, 3.8) is 0 Å². The number of aromatic nitrogens is 2. The van der Waals surface area contributed by atoms with E-state index in [0.29, 0.717) is 28.0 Å². The Morgan fingerprint density at radius 3 is 2.41 bits per heavy atom. The third kappa shape index (κ3) is 7.57. The van der Waals surface area contributed by atoms with Crippen molar-refractivity contribution >= 4 is 56.2 Å². The van der Waals surface area contributed by atoms with Crippen molar-refractivity contribution in [3.05, 3.63) is 94.2 Å². The highest BCUT2D eigenvalue weighted by Crippen LogP contribution is 2.28. The van der Waals surface area contributed by atoms with Gasteiger partial charge in [-0.25, -0.2) is 14.8 Å². The lowest BCUT2D eigenvalue weighted by atomic mass is 10.0. The smallest absolute Gasteiger partial charge is 0.410 e. The molecular weight excluding hydrogens is 588 g/mol. The highest BCUT2D eigenvalue weighted by Gasteiger charge is 2.24. The number of halogens is 1. The molecule has 4 aromatic rings. The first-order valence-corrected chi connectivity index (χ1v) is 13.6. The first-order valence-electron chi connectivity index (χ1n) is 12.8. The molecule has 0 aliphatic carbocycles. The highest BCUT2D eigenvalue weighted by molar-refractivity contribution is 9.10. The van der Waals surface area contributed by atoms with Gasteiger partial charge in [-0.2, -0.15) is 0 Å². The molecule has 1 atom stereocenters. The van der Waals surface area contributed by atoms with Crippen LogP contribution < -0.4 is 16.4 Å². The van der Waals surface area contributed by atoms with Crippen LogP contribution in [0, 0.1) is 0 Å². The van der Waals surface area contributed by atoms with Crippen molar-refractivity contribution in [2.75, 3.05) is 24.2 Å². The van der Waals surface area contributed by atoms with Crippen LogP contribution in [0.15, 0.2) is 77.5 Å². The number of para-hydroxylation sites is 1. The number of hydrogen-bond donors (Lipinski definition) is 3. The molecule has 1 heterocycles. The van der Waals surface area contributed by atoms with Gasteiger partial charge in [0.05, 0.1) is 17.1 Å². The predicted octanol–water partition coefficient (Wildman–Crippen LogP) is 5.76. The van der Waals surface area contributed by atoms with E-state index in [1.165, 1.54) is 11.2 Å². The van der Waals surface area contributed by atoms with Gasteiger partial charge in [0.2, 0.25) is 0 Å². The van der Waals surface area contributed by atoms with Crippen LogP contribution in [-0.4, -0.2) is 52.0 Å². The van der Waals surface area contributed by atoms with Crippen molar-refractivity contribution in [1.82, 2.24) is 14.9 Å². The zero-order valence-corrected chi connectivity index (χ0v) is 24.7. The highest BCUT2D eigenvalue weighted by atomic mass is 79.9. The topological polar surface area (TPSA) is 140 Å². The molecule has 0 bridgehead atoms. The van der Waals surface area contributed by atoms with Crippen LogP contribution in [0.2, 0.25) is 0 Å². The molecule has 0 aliphatic rings. The van der Waals surface area contributed by atoms with E-state index in [4.69, 9.17) is 10.5 Å². The Morgan fingerprint density at radius 2 is 1.73 bits per heavy atom. The number of nitrogens with zero attached hydrogens (tertiary/aromatic N) is 3. The van der Waals surface area contributed by atoms with Crippen molar-refractivity contribution in [2.45, 2.75) is 32.4 Å². The number of carbonyl (C=O) groups is 3. The van der Waals surface area contributed by atoms with E-state index >= 15 is 0 Å². The molecule has 4 N–H and O–H groups in total. The standard InChI is InChI=1S/C30H31BrN6O4/c1-30(2,3)41-29(40)37(4)16-24(36-27-23-10-6-9-22(26(32)38)25(23)33-17-34-27)19-7-5-8-21(15-19)35-28(39)18-11-13-20(31)14-12-18/h5-15,17,24H,16H2,1-4H3,(H2,32,38)(H,35,39)(H,33,34,36).